The third kappa shape index (κ3) is 3.91. The number of hydrogen-bond acceptors (Lipinski definition) is 5. The highest BCUT2D eigenvalue weighted by molar-refractivity contribution is 7.91. The average Bonchev–Trinajstić information content (AvgIpc) is 2.88. The normalized spacial score (nSPS) is 28.5. The Kier molecular flexibility index (Phi) is 4.70. The Hall–Kier alpha value is -1.44. The molecule has 0 aromatic rings. The number of sulfone groups is 1. The molecule has 2 fully saturated rings. The molecule has 8 heteroatoms. The van der Waals surface area contributed by atoms with Gasteiger partial charge in [0.2, 0.25) is 5.91 Å². The number of carbonyl (C=O) groups is 2. The van der Waals surface area contributed by atoms with E-state index in [4.69, 9.17) is 0 Å². The molecule has 1 atom stereocenters. The second kappa shape index (κ2) is 6.59. The van der Waals surface area contributed by atoms with Crippen LogP contribution in [-0.2, 0) is 19.4 Å². The summed E-state index contributed by atoms with van der Waals surface area (Å²) in [5, 5.41) is 8.44. The summed E-state index contributed by atoms with van der Waals surface area (Å²) in [6.07, 6.45) is 6.39. The van der Waals surface area contributed by atoms with Crippen molar-refractivity contribution in [2.45, 2.75) is 63.5 Å². The smallest absolute Gasteiger partial charge is 0.267 e. The molecule has 1 unspecified atom stereocenters. The molecule has 1 saturated carbocycles. The zero-order valence-electron chi connectivity index (χ0n) is 13.2. The van der Waals surface area contributed by atoms with Crippen LogP contribution in [0.25, 0.3) is 0 Å². The van der Waals surface area contributed by atoms with Crippen LogP contribution < -0.4 is 5.32 Å². The maximum atomic E-state index is 12.4. The minimum absolute atomic E-state index is 0.0558. The average molecular weight is 341 g/mol. The quantitative estimate of drug-likeness (QED) is 0.813. The molecular weight excluding hydrogens is 318 g/mol. The van der Waals surface area contributed by atoms with Crippen molar-refractivity contribution in [2.75, 3.05) is 11.5 Å². The fourth-order valence-corrected chi connectivity index (χ4v) is 5.20. The van der Waals surface area contributed by atoms with Crippen molar-refractivity contribution in [1.82, 2.24) is 10.3 Å². The lowest BCUT2D eigenvalue weighted by Gasteiger charge is -2.28. The van der Waals surface area contributed by atoms with Gasteiger partial charge in [0, 0.05) is 18.9 Å². The summed E-state index contributed by atoms with van der Waals surface area (Å²) < 4.78 is 23.2. The van der Waals surface area contributed by atoms with Crippen molar-refractivity contribution >= 4 is 27.4 Å². The monoisotopic (exact) mass is 341 g/mol. The van der Waals surface area contributed by atoms with E-state index in [1.165, 1.54) is 11.4 Å². The number of nitrogens with zero attached hydrogens (tertiary/aromatic N) is 2. The first-order chi connectivity index (χ1) is 10.9. The van der Waals surface area contributed by atoms with Crippen LogP contribution in [0.4, 0.5) is 0 Å². The molecule has 0 radical (unpaired) electrons. The highest BCUT2D eigenvalue weighted by atomic mass is 32.2. The van der Waals surface area contributed by atoms with Crippen LogP contribution in [0.5, 0.6) is 0 Å². The van der Waals surface area contributed by atoms with E-state index in [9.17, 15) is 18.0 Å². The first-order valence-corrected chi connectivity index (χ1v) is 10.2. The minimum Gasteiger partial charge on any atom is -0.348 e. The van der Waals surface area contributed by atoms with Crippen LogP contribution in [-0.4, -0.2) is 54.5 Å². The van der Waals surface area contributed by atoms with Gasteiger partial charge in [-0.15, -0.1) is 0 Å². The van der Waals surface area contributed by atoms with E-state index < -0.39 is 15.9 Å². The Morgan fingerprint density at radius 3 is 2.52 bits per heavy atom. The summed E-state index contributed by atoms with van der Waals surface area (Å²) in [5.41, 5.74) is 0.347. The predicted octanol–water partition coefficient (Wildman–Crippen LogP) is 0.601. The Labute approximate surface area is 136 Å². The van der Waals surface area contributed by atoms with E-state index in [1.54, 1.807) is 0 Å². The van der Waals surface area contributed by atoms with Gasteiger partial charge in [-0.1, -0.05) is 19.3 Å². The second-order valence-corrected chi connectivity index (χ2v) is 8.88. The molecule has 2 heterocycles. The van der Waals surface area contributed by atoms with Gasteiger partial charge in [0.05, 0.1) is 17.5 Å². The summed E-state index contributed by atoms with van der Waals surface area (Å²) in [6, 6.07) is -0.234. The van der Waals surface area contributed by atoms with Crippen LogP contribution >= 0.6 is 0 Å². The van der Waals surface area contributed by atoms with Crippen molar-refractivity contribution in [1.29, 1.82) is 0 Å². The fraction of sp³-hybridized carbons (Fsp3) is 0.800. The summed E-state index contributed by atoms with van der Waals surface area (Å²) >= 11 is 0. The van der Waals surface area contributed by atoms with Crippen molar-refractivity contribution in [3.8, 4) is 0 Å². The van der Waals surface area contributed by atoms with Crippen molar-refractivity contribution in [3.63, 3.8) is 0 Å². The first-order valence-electron chi connectivity index (χ1n) is 8.35. The first kappa shape index (κ1) is 16.4. The largest absolute Gasteiger partial charge is 0.348 e. The minimum atomic E-state index is -3.09. The van der Waals surface area contributed by atoms with Gasteiger partial charge >= 0.3 is 0 Å². The van der Waals surface area contributed by atoms with Crippen LogP contribution in [0.3, 0.4) is 0 Å². The van der Waals surface area contributed by atoms with Crippen molar-refractivity contribution in [2.24, 2.45) is 5.10 Å². The van der Waals surface area contributed by atoms with Crippen LogP contribution in [0.2, 0.25) is 0 Å². The third-order valence-electron chi connectivity index (χ3n) is 4.82. The lowest BCUT2D eigenvalue weighted by Crippen LogP contribution is -2.46. The summed E-state index contributed by atoms with van der Waals surface area (Å²) in [5.74, 6) is -0.378. The van der Waals surface area contributed by atoms with E-state index in [2.05, 4.69) is 10.4 Å². The number of hydrogen-bond donors (Lipinski definition) is 1. The Morgan fingerprint density at radius 1 is 1.13 bits per heavy atom. The van der Waals surface area contributed by atoms with E-state index in [1.807, 2.05) is 0 Å². The van der Waals surface area contributed by atoms with Crippen LogP contribution in [0.15, 0.2) is 5.10 Å². The molecule has 1 saturated heterocycles. The summed E-state index contributed by atoms with van der Waals surface area (Å²) in [7, 11) is -3.09. The molecule has 3 aliphatic rings. The standard InChI is InChI=1S/C15H23N3O4S/c19-14-7-6-13(15(20)16-11-4-2-1-3-5-11)17-18(14)12-8-9-23(21,22)10-12/h11-12H,1-10H2,(H,16,20). The summed E-state index contributed by atoms with van der Waals surface area (Å²) in [4.78, 5) is 24.4. The van der Waals surface area contributed by atoms with E-state index in [0.717, 1.165) is 25.7 Å². The fourth-order valence-electron chi connectivity index (χ4n) is 3.50. The zero-order chi connectivity index (χ0) is 16.4. The van der Waals surface area contributed by atoms with Crippen molar-refractivity contribution < 1.29 is 18.0 Å². The highest BCUT2D eigenvalue weighted by Crippen LogP contribution is 2.22. The third-order valence-corrected chi connectivity index (χ3v) is 6.57. The van der Waals surface area contributed by atoms with Crippen molar-refractivity contribution in [3.05, 3.63) is 0 Å². The topological polar surface area (TPSA) is 95.9 Å². The number of nitrogens with one attached hydrogen (secondary N) is 1. The SMILES string of the molecule is O=C(NC1CCCCC1)C1=NN(C2CCS(=O)(=O)C2)C(=O)CC1. The van der Waals surface area contributed by atoms with Gasteiger partial charge in [0.1, 0.15) is 5.71 Å². The molecule has 2 aliphatic heterocycles. The molecule has 2 amide bonds. The molecule has 0 spiro atoms. The van der Waals surface area contributed by atoms with Crippen LogP contribution in [0, 0.1) is 0 Å². The predicted molar refractivity (Wildman–Crippen MR) is 85.6 cm³/mol. The molecule has 0 aromatic carbocycles. The van der Waals surface area contributed by atoms with Gasteiger partial charge in [-0.2, -0.15) is 5.10 Å². The molecule has 0 aromatic heterocycles. The van der Waals surface area contributed by atoms with E-state index >= 15 is 0 Å². The van der Waals surface area contributed by atoms with Crippen LogP contribution in [0.1, 0.15) is 51.4 Å². The second-order valence-electron chi connectivity index (χ2n) is 6.65. The lowest BCUT2D eigenvalue weighted by atomic mass is 9.95. The van der Waals surface area contributed by atoms with Gasteiger partial charge in [-0.25, -0.2) is 13.4 Å². The highest BCUT2D eigenvalue weighted by Gasteiger charge is 2.37. The molecule has 128 valence electrons. The van der Waals surface area contributed by atoms with Gasteiger partial charge in [0.15, 0.2) is 9.84 Å². The Morgan fingerprint density at radius 2 is 1.87 bits per heavy atom. The number of amides is 2. The maximum absolute atomic E-state index is 12.4. The molecule has 23 heavy (non-hydrogen) atoms. The maximum Gasteiger partial charge on any atom is 0.267 e. The molecule has 1 aliphatic carbocycles. The van der Waals surface area contributed by atoms with Gasteiger partial charge in [0.25, 0.3) is 5.91 Å². The number of carbonyl (C=O) groups excluding carboxylic acids is 2. The molecular formula is C15H23N3O4S. The molecule has 0 bridgehead atoms. The number of hydrazone groups is 1. The molecule has 1 N–H and O–H groups in total. The lowest BCUT2D eigenvalue weighted by molar-refractivity contribution is -0.133. The molecule has 3 rings (SSSR count). The van der Waals surface area contributed by atoms with Gasteiger partial charge < -0.3 is 5.32 Å². The van der Waals surface area contributed by atoms with Gasteiger partial charge in [-0.3, -0.25) is 9.59 Å². The Bertz CT molecular complexity index is 623. The van der Waals surface area contributed by atoms with Gasteiger partial charge in [-0.05, 0) is 19.3 Å². The van der Waals surface area contributed by atoms with E-state index in [-0.39, 0.29) is 35.8 Å². The summed E-state index contributed by atoms with van der Waals surface area (Å²) in [6.45, 7) is 0. The Balaban J connectivity index is 1.68. The van der Waals surface area contributed by atoms with E-state index in [0.29, 0.717) is 18.6 Å². The number of rotatable bonds is 3. The zero-order valence-corrected chi connectivity index (χ0v) is 14.0. The molecule has 7 nitrogen and oxygen atoms in total.